The van der Waals surface area contributed by atoms with E-state index in [-0.39, 0.29) is 23.6 Å². The summed E-state index contributed by atoms with van der Waals surface area (Å²) in [6.45, 7) is 5.77. The molecule has 1 rings (SSSR count). The predicted molar refractivity (Wildman–Crippen MR) is 62.0 cm³/mol. The van der Waals surface area contributed by atoms with Crippen LogP contribution in [0.2, 0.25) is 0 Å². The molecule has 1 aliphatic rings. The van der Waals surface area contributed by atoms with Crippen molar-refractivity contribution in [3.05, 3.63) is 0 Å². The summed E-state index contributed by atoms with van der Waals surface area (Å²) in [7, 11) is 1.38. The van der Waals surface area contributed by atoms with Crippen molar-refractivity contribution in [3.63, 3.8) is 0 Å². The molecule has 0 aliphatic heterocycles. The quantitative estimate of drug-likeness (QED) is 0.695. The second-order valence-electron chi connectivity index (χ2n) is 5.82. The Kier molecular flexibility index (Phi) is 3.76. The van der Waals surface area contributed by atoms with Gasteiger partial charge < -0.3 is 4.74 Å². The van der Waals surface area contributed by atoms with E-state index in [2.05, 4.69) is 0 Å². The Morgan fingerprint density at radius 1 is 1.19 bits per heavy atom. The van der Waals surface area contributed by atoms with Gasteiger partial charge in [0.2, 0.25) is 0 Å². The maximum atomic E-state index is 12.4. The Morgan fingerprint density at radius 2 is 1.69 bits per heavy atom. The van der Waals surface area contributed by atoms with Crippen molar-refractivity contribution >= 4 is 11.8 Å². The topological polar surface area (TPSA) is 43.4 Å². The van der Waals surface area contributed by atoms with Crippen LogP contribution in [0.5, 0.6) is 0 Å². The minimum absolute atomic E-state index is 0.211. The molecule has 0 aromatic rings. The molecule has 0 heterocycles. The van der Waals surface area contributed by atoms with Gasteiger partial charge in [-0.3, -0.25) is 9.59 Å². The first-order valence-corrected chi connectivity index (χ1v) is 5.93. The smallest absolute Gasteiger partial charge is 0.306 e. The lowest BCUT2D eigenvalue weighted by Gasteiger charge is -2.32. The first-order chi connectivity index (χ1) is 7.32. The van der Waals surface area contributed by atoms with Crippen LogP contribution < -0.4 is 0 Å². The van der Waals surface area contributed by atoms with Crippen molar-refractivity contribution in [2.75, 3.05) is 7.11 Å². The van der Waals surface area contributed by atoms with Gasteiger partial charge in [-0.25, -0.2) is 0 Å². The third kappa shape index (κ3) is 2.63. The zero-order valence-corrected chi connectivity index (χ0v) is 10.8. The molecule has 0 aromatic carbocycles. The number of Topliss-reactive ketones (excluding diaryl/α,β-unsaturated/α-hetero) is 1. The van der Waals surface area contributed by atoms with E-state index < -0.39 is 5.41 Å². The van der Waals surface area contributed by atoms with Crippen molar-refractivity contribution < 1.29 is 14.3 Å². The van der Waals surface area contributed by atoms with E-state index in [1.165, 1.54) is 7.11 Å². The molecule has 0 amide bonds. The van der Waals surface area contributed by atoms with Crippen LogP contribution in [0.1, 0.15) is 52.9 Å². The van der Waals surface area contributed by atoms with E-state index >= 15 is 0 Å². The van der Waals surface area contributed by atoms with Crippen molar-refractivity contribution in [1.29, 1.82) is 0 Å². The van der Waals surface area contributed by atoms with E-state index in [9.17, 15) is 9.59 Å². The number of methoxy groups -OCH3 is 1. The van der Waals surface area contributed by atoms with Crippen LogP contribution in [0, 0.1) is 10.8 Å². The number of carbonyl (C=O) groups excluding carboxylic acids is 2. The van der Waals surface area contributed by atoms with Crippen LogP contribution in [-0.4, -0.2) is 18.9 Å². The van der Waals surface area contributed by atoms with Gasteiger partial charge in [-0.05, 0) is 12.8 Å². The molecule has 3 nitrogen and oxygen atoms in total. The Labute approximate surface area is 97.5 Å². The van der Waals surface area contributed by atoms with E-state index in [0.29, 0.717) is 0 Å². The van der Waals surface area contributed by atoms with E-state index in [1.54, 1.807) is 0 Å². The summed E-state index contributed by atoms with van der Waals surface area (Å²) in [6.07, 6.45) is 3.99. The van der Waals surface area contributed by atoms with E-state index in [1.807, 2.05) is 20.8 Å². The summed E-state index contributed by atoms with van der Waals surface area (Å²) in [5.41, 5.74) is -0.830. The summed E-state index contributed by atoms with van der Waals surface area (Å²) in [6, 6.07) is 0. The highest BCUT2D eigenvalue weighted by atomic mass is 16.5. The molecule has 3 heteroatoms. The normalized spacial score (nSPS) is 19.5. The Balaban J connectivity index is 2.89. The lowest BCUT2D eigenvalue weighted by molar-refractivity contribution is -0.149. The maximum absolute atomic E-state index is 12.4. The van der Waals surface area contributed by atoms with Crippen molar-refractivity contribution in [2.24, 2.45) is 10.8 Å². The van der Waals surface area contributed by atoms with Gasteiger partial charge >= 0.3 is 5.97 Å². The molecule has 0 saturated heterocycles. The first-order valence-electron chi connectivity index (χ1n) is 5.93. The Bertz CT molecular complexity index is 280. The van der Waals surface area contributed by atoms with Crippen LogP contribution in [0.3, 0.4) is 0 Å². The SMILES string of the molecule is COC(=O)CC1(C(=O)C(C)(C)C)CCCC1. The molecule has 1 saturated carbocycles. The molecule has 92 valence electrons. The molecule has 1 fully saturated rings. The largest absolute Gasteiger partial charge is 0.469 e. The fourth-order valence-electron chi connectivity index (χ4n) is 2.68. The van der Waals surface area contributed by atoms with Gasteiger partial charge in [0.15, 0.2) is 0 Å². The second-order valence-corrected chi connectivity index (χ2v) is 5.82. The zero-order valence-electron chi connectivity index (χ0n) is 10.8. The van der Waals surface area contributed by atoms with Crippen LogP contribution in [0.15, 0.2) is 0 Å². The maximum Gasteiger partial charge on any atom is 0.306 e. The molecule has 0 radical (unpaired) electrons. The Morgan fingerprint density at radius 3 is 2.06 bits per heavy atom. The third-order valence-corrected chi connectivity index (χ3v) is 3.43. The van der Waals surface area contributed by atoms with E-state index in [4.69, 9.17) is 4.74 Å². The van der Waals surface area contributed by atoms with Gasteiger partial charge in [-0.15, -0.1) is 0 Å². The number of hydrogen-bond donors (Lipinski definition) is 0. The number of hydrogen-bond acceptors (Lipinski definition) is 3. The summed E-state index contributed by atoms with van der Waals surface area (Å²) >= 11 is 0. The minimum atomic E-state index is -0.453. The lowest BCUT2D eigenvalue weighted by atomic mass is 9.69. The zero-order chi connectivity index (χ0) is 12.4. The second kappa shape index (κ2) is 4.56. The average Bonchev–Trinajstić information content (AvgIpc) is 2.64. The molecule has 0 spiro atoms. The molecule has 0 bridgehead atoms. The molecule has 0 N–H and O–H groups in total. The molecule has 0 unspecified atom stereocenters. The van der Waals surface area contributed by atoms with Crippen molar-refractivity contribution in [2.45, 2.75) is 52.9 Å². The van der Waals surface area contributed by atoms with E-state index in [0.717, 1.165) is 25.7 Å². The average molecular weight is 226 g/mol. The molecule has 0 atom stereocenters. The van der Waals surface area contributed by atoms with Gasteiger partial charge in [-0.2, -0.15) is 0 Å². The third-order valence-electron chi connectivity index (χ3n) is 3.43. The number of carbonyl (C=O) groups is 2. The summed E-state index contributed by atoms with van der Waals surface area (Å²) < 4.78 is 4.71. The lowest BCUT2D eigenvalue weighted by Crippen LogP contribution is -2.39. The Hall–Kier alpha value is -0.860. The summed E-state index contributed by atoms with van der Waals surface area (Å²) in [5, 5.41) is 0. The molecule has 16 heavy (non-hydrogen) atoms. The van der Waals surface area contributed by atoms with Gasteiger partial charge in [0, 0.05) is 10.8 Å². The standard InChI is InChI=1S/C13H22O3/c1-12(2,3)11(15)13(7-5-6-8-13)9-10(14)16-4/h5-9H2,1-4H3. The first kappa shape index (κ1) is 13.2. The van der Waals surface area contributed by atoms with Crippen LogP contribution in [0.4, 0.5) is 0 Å². The molecular formula is C13H22O3. The van der Waals surface area contributed by atoms with Crippen molar-refractivity contribution in [3.8, 4) is 0 Å². The van der Waals surface area contributed by atoms with Crippen LogP contribution in [-0.2, 0) is 14.3 Å². The van der Waals surface area contributed by atoms with Gasteiger partial charge in [0.25, 0.3) is 0 Å². The molecule has 1 aliphatic carbocycles. The molecule has 0 aromatic heterocycles. The highest BCUT2D eigenvalue weighted by Crippen LogP contribution is 2.46. The van der Waals surface area contributed by atoms with Gasteiger partial charge in [0.05, 0.1) is 13.5 Å². The minimum Gasteiger partial charge on any atom is -0.469 e. The number of rotatable bonds is 3. The monoisotopic (exact) mass is 226 g/mol. The molecular weight excluding hydrogens is 204 g/mol. The van der Waals surface area contributed by atoms with Crippen LogP contribution >= 0.6 is 0 Å². The fraction of sp³-hybridized carbons (Fsp3) is 0.846. The summed E-state index contributed by atoms with van der Waals surface area (Å²) in [4.78, 5) is 23.9. The highest BCUT2D eigenvalue weighted by Gasteiger charge is 2.46. The summed E-state index contributed by atoms with van der Waals surface area (Å²) in [5.74, 6) is -0.0533. The predicted octanol–water partition coefficient (Wildman–Crippen LogP) is 2.73. The van der Waals surface area contributed by atoms with Crippen molar-refractivity contribution in [1.82, 2.24) is 0 Å². The fourth-order valence-corrected chi connectivity index (χ4v) is 2.68. The number of ketones is 1. The van der Waals surface area contributed by atoms with Gasteiger partial charge in [-0.1, -0.05) is 33.6 Å². The number of ether oxygens (including phenoxy) is 1. The number of esters is 1. The van der Waals surface area contributed by atoms with Gasteiger partial charge in [0.1, 0.15) is 5.78 Å². The highest BCUT2D eigenvalue weighted by molar-refractivity contribution is 5.92. The van der Waals surface area contributed by atoms with Crippen LogP contribution in [0.25, 0.3) is 0 Å².